The number of benzene rings is 2. The maximum Gasteiger partial charge on any atom is 0.257 e. The van der Waals surface area contributed by atoms with Crippen LogP contribution in [0, 0.1) is 6.92 Å². The Bertz CT molecular complexity index is 824. The van der Waals surface area contributed by atoms with Gasteiger partial charge in [-0.15, -0.1) is 0 Å². The number of aryl methyl sites for hydroxylation is 1. The summed E-state index contributed by atoms with van der Waals surface area (Å²) in [6.07, 6.45) is 0.371. The summed E-state index contributed by atoms with van der Waals surface area (Å²) >= 11 is 11.3. The van der Waals surface area contributed by atoms with Crippen molar-refractivity contribution < 1.29 is 9.59 Å². The molecule has 5 nitrogen and oxygen atoms in total. The zero-order valence-electron chi connectivity index (χ0n) is 13.9. The van der Waals surface area contributed by atoms with E-state index in [1.807, 2.05) is 19.1 Å². The minimum Gasteiger partial charge on any atom is -0.331 e. The molecule has 7 heteroatoms. The summed E-state index contributed by atoms with van der Waals surface area (Å²) in [5, 5.41) is 8.77. The molecule has 25 heavy (non-hydrogen) atoms. The predicted octanol–water partition coefficient (Wildman–Crippen LogP) is 4.12. The van der Waals surface area contributed by atoms with E-state index in [2.05, 4.69) is 16.0 Å². The summed E-state index contributed by atoms with van der Waals surface area (Å²) in [6.45, 7) is 3.61. The van der Waals surface area contributed by atoms with E-state index >= 15 is 0 Å². The normalized spacial score (nSPS) is 10.0. The fraction of sp³-hybridized carbons (Fsp3) is 0.167. The minimum atomic E-state index is -0.304. The second-order valence-corrected chi connectivity index (χ2v) is 6.13. The van der Waals surface area contributed by atoms with Crippen LogP contribution in [-0.2, 0) is 4.79 Å². The van der Waals surface area contributed by atoms with Gasteiger partial charge >= 0.3 is 0 Å². The van der Waals surface area contributed by atoms with E-state index < -0.39 is 0 Å². The van der Waals surface area contributed by atoms with Crippen molar-refractivity contribution in [1.29, 1.82) is 0 Å². The highest BCUT2D eigenvalue weighted by molar-refractivity contribution is 7.80. The summed E-state index contributed by atoms with van der Waals surface area (Å²) in [6, 6.07) is 12.2. The van der Waals surface area contributed by atoms with E-state index in [0.29, 0.717) is 28.4 Å². The summed E-state index contributed by atoms with van der Waals surface area (Å²) in [5.41, 5.74) is 2.48. The van der Waals surface area contributed by atoms with Crippen LogP contribution in [0.2, 0.25) is 5.02 Å². The van der Waals surface area contributed by atoms with E-state index in [1.165, 1.54) is 0 Å². The van der Waals surface area contributed by atoms with Crippen molar-refractivity contribution in [2.24, 2.45) is 0 Å². The van der Waals surface area contributed by atoms with Crippen LogP contribution in [0.25, 0.3) is 0 Å². The van der Waals surface area contributed by atoms with Crippen LogP contribution in [0.1, 0.15) is 29.3 Å². The lowest BCUT2D eigenvalue weighted by atomic mass is 10.1. The Kier molecular flexibility index (Phi) is 6.50. The molecule has 0 aliphatic rings. The van der Waals surface area contributed by atoms with Gasteiger partial charge in [0.25, 0.3) is 5.91 Å². The molecule has 0 fully saturated rings. The smallest absolute Gasteiger partial charge is 0.257 e. The van der Waals surface area contributed by atoms with Gasteiger partial charge in [0.15, 0.2) is 5.11 Å². The first-order valence-electron chi connectivity index (χ1n) is 7.68. The second kappa shape index (κ2) is 8.60. The molecule has 0 atom stereocenters. The Morgan fingerprint density at radius 1 is 1.12 bits per heavy atom. The lowest BCUT2D eigenvalue weighted by Crippen LogP contribution is -2.34. The van der Waals surface area contributed by atoms with Gasteiger partial charge in [-0.05, 0) is 49.0 Å². The molecule has 0 aliphatic carbocycles. The zero-order valence-corrected chi connectivity index (χ0v) is 15.4. The van der Waals surface area contributed by atoms with Gasteiger partial charge in [0, 0.05) is 17.7 Å². The van der Waals surface area contributed by atoms with Crippen LogP contribution < -0.4 is 16.0 Å². The van der Waals surface area contributed by atoms with E-state index in [0.717, 1.165) is 5.56 Å². The number of thiocarbonyl (C=S) groups is 1. The van der Waals surface area contributed by atoms with Gasteiger partial charge in [-0.25, -0.2) is 0 Å². The quantitative estimate of drug-likeness (QED) is 0.703. The van der Waals surface area contributed by atoms with Crippen LogP contribution in [0.4, 0.5) is 11.4 Å². The van der Waals surface area contributed by atoms with E-state index in [9.17, 15) is 9.59 Å². The Labute approximate surface area is 156 Å². The summed E-state index contributed by atoms with van der Waals surface area (Å²) in [7, 11) is 0. The van der Waals surface area contributed by atoms with Crippen LogP contribution in [0.15, 0.2) is 42.5 Å². The first-order valence-corrected chi connectivity index (χ1v) is 8.46. The molecule has 0 bridgehead atoms. The highest BCUT2D eigenvalue weighted by atomic mass is 35.5. The van der Waals surface area contributed by atoms with Crippen molar-refractivity contribution in [2.75, 3.05) is 10.6 Å². The van der Waals surface area contributed by atoms with Gasteiger partial charge in [0.2, 0.25) is 5.91 Å². The SMILES string of the molecule is CCC(=O)Nc1ccc(Cl)c(NC(=S)NC(=O)c2ccccc2C)c1. The predicted molar refractivity (Wildman–Crippen MR) is 105 cm³/mol. The Morgan fingerprint density at radius 2 is 1.84 bits per heavy atom. The molecule has 0 radical (unpaired) electrons. The number of amides is 2. The Balaban J connectivity index is 2.07. The number of halogens is 1. The third-order valence-corrected chi connectivity index (χ3v) is 3.97. The molecule has 0 aromatic heterocycles. The van der Waals surface area contributed by atoms with Crippen molar-refractivity contribution in [1.82, 2.24) is 5.32 Å². The van der Waals surface area contributed by atoms with Crippen molar-refractivity contribution in [3.8, 4) is 0 Å². The first kappa shape index (κ1) is 18.9. The molecule has 130 valence electrons. The molecule has 3 N–H and O–H groups in total. The number of anilines is 2. The maximum atomic E-state index is 12.3. The van der Waals surface area contributed by atoms with E-state index in [-0.39, 0.29) is 16.9 Å². The van der Waals surface area contributed by atoms with Crippen molar-refractivity contribution in [3.05, 3.63) is 58.6 Å². The standard InChI is InChI=1S/C18H18ClN3O2S/c1-3-16(23)20-12-8-9-14(19)15(10-12)21-18(25)22-17(24)13-7-5-4-6-11(13)2/h4-10H,3H2,1-2H3,(H,20,23)(H2,21,22,24,25). The van der Waals surface area contributed by atoms with Crippen molar-refractivity contribution in [3.63, 3.8) is 0 Å². The number of carbonyl (C=O) groups is 2. The first-order chi connectivity index (χ1) is 11.9. The van der Waals surface area contributed by atoms with Crippen molar-refractivity contribution >= 4 is 52.1 Å². The third kappa shape index (κ3) is 5.27. The number of rotatable bonds is 4. The van der Waals surface area contributed by atoms with E-state index in [4.69, 9.17) is 23.8 Å². The molecule has 0 saturated heterocycles. The van der Waals surface area contributed by atoms with Gasteiger partial charge in [0.05, 0.1) is 10.7 Å². The lowest BCUT2D eigenvalue weighted by Gasteiger charge is -2.13. The number of nitrogens with one attached hydrogen (secondary N) is 3. The lowest BCUT2D eigenvalue weighted by molar-refractivity contribution is -0.115. The second-order valence-electron chi connectivity index (χ2n) is 5.32. The molecular formula is C18H18ClN3O2S. The third-order valence-electron chi connectivity index (χ3n) is 3.44. The topological polar surface area (TPSA) is 70.2 Å². The fourth-order valence-electron chi connectivity index (χ4n) is 2.10. The molecule has 0 unspecified atom stereocenters. The number of hydrogen-bond acceptors (Lipinski definition) is 3. The number of carbonyl (C=O) groups excluding carboxylic acids is 2. The molecule has 0 saturated carbocycles. The Morgan fingerprint density at radius 3 is 2.52 bits per heavy atom. The van der Waals surface area contributed by atoms with Gasteiger partial charge in [0.1, 0.15) is 0 Å². The molecule has 0 aliphatic heterocycles. The zero-order chi connectivity index (χ0) is 18.4. The van der Waals surface area contributed by atoms with Crippen LogP contribution in [-0.4, -0.2) is 16.9 Å². The van der Waals surface area contributed by atoms with Gasteiger partial charge in [-0.3, -0.25) is 14.9 Å². The van der Waals surface area contributed by atoms with Crippen LogP contribution in [0.5, 0.6) is 0 Å². The van der Waals surface area contributed by atoms with Crippen LogP contribution in [0.3, 0.4) is 0 Å². The van der Waals surface area contributed by atoms with E-state index in [1.54, 1.807) is 37.3 Å². The molecular weight excluding hydrogens is 358 g/mol. The molecule has 2 aromatic carbocycles. The monoisotopic (exact) mass is 375 g/mol. The average molecular weight is 376 g/mol. The molecule has 0 spiro atoms. The highest BCUT2D eigenvalue weighted by Crippen LogP contribution is 2.25. The summed E-state index contributed by atoms with van der Waals surface area (Å²) in [5.74, 6) is -0.411. The highest BCUT2D eigenvalue weighted by Gasteiger charge is 2.11. The maximum absolute atomic E-state index is 12.3. The minimum absolute atomic E-state index is 0.108. The molecule has 2 aromatic rings. The van der Waals surface area contributed by atoms with Gasteiger partial charge < -0.3 is 10.6 Å². The summed E-state index contributed by atoms with van der Waals surface area (Å²) in [4.78, 5) is 23.8. The summed E-state index contributed by atoms with van der Waals surface area (Å²) < 4.78 is 0. The molecule has 2 rings (SSSR count). The van der Waals surface area contributed by atoms with Gasteiger partial charge in [-0.2, -0.15) is 0 Å². The average Bonchev–Trinajstić information content (AvgIpc) is 2.58. The Hall–Kier alpha value is -2.44. The molecule has 2 amide bonds. The molecule has 0 heterocycles. The largest absolute Gasteiger partial charge is 0.331 e. The van der Waals surface area contributed by atoms with Gasteiger partial charge in [-0.1, -0.05) is 36.7 Å². The van der Waals surface area contributed by atoms with Crippen LogP contribution >= 0.6 is 23.8 Å². The fourth-order valence-corrected chi connectivity index (χ4v) is 2.47. The number of hydrogen-bond donors (Lipinski definition) is 3. The van der Waals surface area contributed by atoms with Crippen molar-refractivity contribution in [2.45, 2.75) is 20.3 Å².